The molecule has 0 heterocycles. The van der Waals surface area contributed by atoms with Gasteiger partial charge in [-0.1, -0.05) is 0 Å². The van der Waals surface area contributed by atoms with Gasteiger partial charge in [-0.2, -0.15) is 0 Å². The smallest absolute Gasteiger partial charge is 0.308 e. The Balaban J connectivity index is 3.18. The Hall–Kier alpha value is -1.10. The molecule has 14 heavy (non-hydrogen) atoms. The van der Waals surface area contributed by atoms with Gasteiger partial charge in [0.15, 0.2) is 11.6 Å². The molecule has 1 aromatic rings. The standard InChI is InChI=1S/C9H8F2O2S/c1-5(12)13-9-7(11)3-6(10)4-8(9)14-2/h3-4H,1-2H3. The highest BCUT2D eigenvalue weighted by atomic mass is 32.2. The number of hydrogen-bond acceptors (Lipinski definition) is 3. The van der Waals surface area contributed by atoms with E-state index in [9.17, 15) is 13.6 Å². The second-order valence-corrected chi connectivity index (χ2v) is 3.36. The molecule has 5 heteroatoms. The van der Waals surface area contributed by atoms with Gasteiger partial charge < -0.3 is 4.74 Å². The largest absolute Gasteiger partial charge is 0.422 e. The summed E-state index contributed by atoms with van der Waals surface area (Å²) in [5, 5.41) is 0. The molecule has 0 unspecified atom stereocenters. The highest BCUT2D eigenvalue weighted by molar-refractivity contribution is 7.98. The zero-order chi connectivity index (χ0) is 10.7. The molecule has 0 aliphatic rings. The number of carbonyl (C=O) groups is 1. The third-order valence-corrected chi connectivity index (χ3v) is 2.18. The van der Waals surface area contributed by atoms with E-state index < -0.39 is 17.6 Å². The summed E-state index contributed by atoms with van der Waals surface area (Å²) in [5.74, 6) is -2.41. The van der Waals surface area contributed by atoms with Crippen LogP contribution >= 0.6 is 11.8 Å². The fourth-order valence-electron chi connectivity index (χ4n) is 0.931. The Morgan fingerprint density at radius 2 is 2.07 bits per heavy atom. The summed E-state index contributed by atoms with van der Waals surface area (Å²) in [6, 6.07) is 1.80. The van der Waals surface area contributed by atoms with Gasteiger partial charge in [0.25, 0.3) is 0 Å². The molecule has 0 bridgehead atoms. The van der Waals surface area contributed by atoms with Crippen LogP contribution in [-0.2, 0) is 4.79 Å². The number of hydrogen-bond donors (Lipinski definition) is 0. The van der Waals surface area contributed by atoms with E-state index in [-0.39, 0.29) is 10.6 Å². The molecule has 0 aliphatic carbocycles. The van der Waals surface area contributed by atoms with Crippen LogP contribution in [0.25, 0.3) is 0 Å². The molecule has 1 rings (SSSR count). The highest BCUT2D eigenvalue weighted by Gasteiger charge is 2.13. The normalized spacial score (nSPS) is 10.0. The average molecular weight is 218 g/mol. The van der Waals surface area contributed by atoms with E-state index in [1.165, 1.54) is 0 Å². The lowest BCUT2D eigenvalue weighted by molar-refractivity contribution is -0.132. The van der Waals surface area contributed by atoms with Crippen molar-refractivity contribution in [1.82, 2.24) is 0 Å². The molecule has 0 aromatic heterocycles. The Morgan fingerprint density at radius 3 is 2.57 bits per heavy atom. The number of carbonyl (C=O) groups excluding carboxylic acids is 1. The molecule has 0 amide bonds. The Morgan fingerprint density at radius 1 is 1.43 bits per heavy atom. The van der Waals surface area contributed by atoms with Crippen LogP contribution in [0.5, 0.6) is 5.75 Å². The van der Waals surface area contributed by atoms with Gasteiger partial charge in [-0.25, -0.2) is 8.78 Å². The van der Waals surface area contributed by atoms with Crippen LogP contribution < -0.4 is 4.74 Å². The SMILES string of the molecule is CSc1cc(F)cc(F)c1OC(C)=O. The number of rotatable bonds is 2. The van der Waals surface area contributed by atoms with Gasteiger partial charge in [0.05, 0.1) is 4.90 Å². The molecule has 0 saturated carbocycles. The van der Waals surface area contributed by atoms with E-state index >= 15 is 0 Å². The molecule has 1 aromatic carbocycles. The third kappa shape index (κ3) is 2.45. The third-order valence-electron chi connectivity index (χ3n) is 1.44. The Labute approximate surface area is 84.3 Å². The van der Waals surface area contributed by atoms with Gasteiger partial charge in [0, 0.05) is 13.0 Å². The maximum Gasteiger partial charge on any atom is 0.308 e. The predicted octanol–water partition coefficient (Wildman–Crippen LogP) is 2.61. The number of thioether (sulfide) groups is 1. The minimum atomic E-state index is -0.871. The fraction of sp³-hybridized carbons (Fsp3) is 0.222. The van der Waals surface area contributed by atoms with Crippen molar-refractivity contribution in [2.45, 2.75) is 11.8 Å². The van der Waals surface area contributed by atoms with Gasteiger partial charge in [0.2, 0.25) is 0 Å². The van der Waals surface area contributed by atoms with Crippen molar-refractivity contribution in [3.8, 4) is 5.75 Å². The van der Waals surface area contributed by atoms with Gasteiger partial charge in [-0.05, 0) is 12.3 Å². The second kappa shape index (κ2) is 4.41. The highest BCUT2D eigenvalue weighted by Crippen LogP contribution is 2.31. The summed E-state index contributed by atoms with van der Waals surface area (Å²) in [6.07, 6.45) is 1.64. The molecule has 0 fully saturated rings. The molecule has 0 atom stereocenters. The van der Waals surface area contributed by atoms with Crippen molar-refractivity contribution in [2.75, 3.05) is 6.26 Å². The van der Waals surface area contributed by atoms with Crippen LogP contribution in [-0.4, -0.2) is 12.2 Å². The quantitative estimate of drug-likeness (QED) is 0.433. The first kappa shape index (κ1) is 11.0. The van der Waals surface area contributed by atoms with Crippen LogP contribution in [0.1, 0.15) is 6.92 Å². The number of benzene rings is 1. The van der Waals surface area contributed by atoms with Gasteiger partial charge in [0.1, 0.15) is 5.82 Å². The molecule has 0 radical (unpaired) electrons. The van der Waals surface area contributed by atoms with Crippen molar-refractivity contribution in [2.24, 2.45) is 0 Å². The second-order valence-electron chi connectivity index (χ2n) is 2.51. The first-order chi connectivity index (χ1) is 6.54. The lowest BCUT2D eigenvalue weighted by Gasteiger charge is -2.07. The van der Waals surface area contributed by atoms with Crippen LogP contribution in [0.15, 0.2) is 17.0 Å². The summed E-state index contributed by atoms with van der Waals surface area (Å²) >= 11 is 1.11. The summed E-state index contributed by atoms with van der Waals surface area (Å²) < 4.78 is 30.5. The van der Waals surface area contributed by atoms with Crippen LogP contribution in [0, 0.1) is 11.6 Å². The van der Waals surface area contributed by atoms with Crippen molar-refractivity contribution < 1.29 is 18.3 Å². The Kier molecular flexibility index (Phi) is 3.46. The molecule has 0 aliphatic heterocycles. The first-order valence-corrected chi connectivity index (χ1v) is 4.98. The lowest BCUT2D eigenvalue weighted by atomic mass is 10.3. The van der Waals surface area contributed by atoms with Crippen molar-refractivity contribution >= 4 is 17.7 Å². The molecule has 0 N–H and O–H groups in total. The molecular weight excluding hydrogens is 210 g/mol. The number of ether oxygens (including phenoxy) is 1. The topological polar surface area (TPSA) is 26.3 Å². The summed E-state index contributed by atoms with van der Waals surface area (Å²) in [4.78, 5) is 10.9. The van der Waals surface area contributed by atoms with Gasteiger partial charge in [-0.3, -0.25) is 4.79 Å². The van der Waals surface area contributed by atoms with Crippen LogP contribution in [0.3, 0.4) is 0 Å². The van der Waals surface area contributed by atoms with Crippen LogP contribution in [0.4, 0.5) is 8.78 Å². The molecule has 76 valence electrons. The summed E-state index contributed by atoms with van der Waals surface area (Å²) in [5.41, 5.74) is 0. The van der Waals surface area contributed by atoms with E-state index in [0.717, 1.165) is 24.8 Å². The van der Waals surface area contributed by atoms with Crippen molar-refractivity contribution in [3.05, 3.63) is 23.8 Å². The van der Waals surface area contributed by atoms with Crippen molar-refractivity contribution in [3.63, 3.8) is 0 Å². The zero-order valence-electron chi connectivity index (χ0n) is 7.64. The first-order valence-electron chi connectivity index (χ1n) is 3.76. The van der Waals surface area contributed by atoms with Crippen molar-refractivity contribution in [1.29, 1.82) is 0 Å². The van der Waals surface area contributed by atoms with E-state index in [1.54, 1.807) is 6.26 Å². The monoisotopic (exact) mass is 218 g/mol. The molecule has 0 spiro atoms. The lowest BCUT2D eigenvalue weighted by Crippen LogP contribution is -2.04. The van der Waals surface area contributed by atoms with E-state index in [4.69, 9.17) is 0 Å². The fourth-order valence-corrected chi connectivity index (χ4v) is 1.49. The van der Waals surface area contributed by atoms with E-state index in [1.807, 2.05) is 0 Å². The summed E-state index contributed by atoms with van der Waals surface area (Å²) in [7, 11) is 0. The zero-order valence-corrected chi connectivity index (χ0v) is 8.45. The minimum Gasteiger partial charge on any atom is -0.422 e. The number of esters is 1. The van der Waals surface area contributed by atoms with Gasteiger partial charge >= 0.3 is 5.97 Å². The van der Waals surface area contributed by atoms with E-state index in [0.29, 0.717) is 6.07 Å². The summed E-state index contributed by atoms with van der Waals surface area (Å²) in [6.45, 7) is 1.16. The molecule has 2 nitrogen and oxygen atoms in total. The minimum absolute atomic E-state index is 0.216. The molecular formula is C9H8F2O2S. The Bertz CT molecular complexity index is 366. The van der Waals surface area contributed by atoms with Gasteiger partial charge in [-0.15, -0.1) is 11.8 Å². The molecule has 0 saturated heterocycles. The van der Waals surface area contributed by atoms with Crippen LogP contribution in [0.2, 0.25) is 0 Å². The maximum atomic E-state index is 13.1. The maximum absolute atomic E-state index is 13.1. The average Bonchev–Trinajstić information content (AvgIpc) is 2.08. The van der Waals surface area contributed by atoms with E-state index in [2.05, 4.69) is 4.74 Å². The number of halogens is 2. The predicted molar refractivity (Wildman–Crippen MR) is 49.4 cm³/mol.